The second-order valence-corrected chi connectivity index (χ2v) is 8.76. The van der Waals surface area contributed by atoms with E-state index in [-0.39, 0.29) is 19.1 Å². The molecule has 2 aromatic carbocycles. The van der Waals surface area contributed by atoms with Crippen molar-refractivity contribution in [3.05, 3.63) is 74.7 Å². The van der Waals surface area contributed by atoms with E-state index >= 15 is 0 Å². The maximum atomic E-state index is 12.5. The monoisotopic (exact) mass is 604 g/mol. The first-order chi connectivity index (χ1) is 17.3. The number of halogens is 1. The number of para-hydroxylation sites is 1. The van der Waals surface area contributed by atoms with E-state index in [1.165, 1.54) is 19.6 Å². The van der Waals surface area contributed by atoms with Crippen LogP contribution >= 0.6 is 22.6 Å². The third-order valence-electron chi connectivity index (χ3n) is 4.93. The average Bonchev–Trinajstić information content (AvgIpc) is 3.37. The highest BCUT2D eigenvalue weighted by molar-refractivity contribution is 14.1. The quantitative estimate of drug-likeness (QED) is 0.149. The first-order valence-corrected chi connectivity index (χ1v) is 11.9. The van der Waals surface area contributed by atoms with Crippen molar-refractivity contribution in [2.45, 2.75) is 20.4 Å². The normalized spacial score (nSPS) is 10.7. The van der Waals surface area contributed by atoms with Gasteiger partial charge >= 0.3 is 11.8 Å². The second-order valence-electron chi connectivity index (χ2n) is 7.60. The summed E-state index contributed by atoms with van der Waals surface area (Å²) < 4.78 is 16.9. The lowest BCUT2D eigenvalue weighted by atomic mass is 10.1. The Kier molecular flexibility index (Phi) is 9.45. The second kappa shape index (κ2) is 12.7. The Bertz CT molecular complexity index is 1250. The number of carbonyl (C=O) groups excluding carboxylic acids is 3. The van der Waals surface area contributed by atoms with Crippen molar-refractivity contribution in [3.8, 4) is 11.5 Å². The zero-order valence-electron chi connectivity index (χ0n) is 19.9. The lowest BCUT2D eigenvalue weighted by Crippen LogP contribution is -2.37. The van der Waals surface area contributed by atoms with E-state index in [4.69, 9.17) is 13.9 Å². The summed E-state index contributed by atoms with van der Waals surface area (Å²) in [6, 6.07) is 12.5. The fraction of sp³-hybridized carbons (Fsp3) is 0.200. The van der Waals surface area contributed by atoms with Gasteiger partial charge in [0.2, 0.25) is 0 Å². The number of amides is 3. The van der Waals surface area contributed by atoms with E-state index in [1.807, 2.05) is 54.6 Å². The van der Waals surface area contributed by atoms with Gasteiger partial charge in [-0.05, 0) is 77.4 Å². The molecule has 3 N–H and O–H groups in total. The van der Waals surface area contributed by atoms with Gasteiger partial charge in [-0.15, -0.1) is 0 Å². The minimum atomic E-state index is -0.922. The van der Waals surface area contributed by atoms with Crippen LogP contribution in [0.15, 0.2) is 58.2 Å². The number of hydrogen-bond donors (Lipinski definition) is 3. The van der Waals surface area contributed by atoms with Crippen LogP contribution < -0.4 is 25.5 Å². The van der Waals surface area contributed by atoms with Gasteiger partial charge in [0, 0.05) is 5.69 Å². The third kappa shape index (κ3) is 7.31. The number of hydrogen-bond acceptors (Lipinski definition) is 7. The number of anilines is 1. The summed E-state index contributed by atoms with van der Waals surface area (Å²) in [5.74, 6) is -0.776. The highest BCUT2D eigenvalue weighted by atomic mass is 127. The van der Waals surface area contributed by atoms with Crippen LogP contribution in [-0.4, -0.2) is 37.7 Å². The van der Waals surface area contributed by atoms with E-state index in [0.717, 1.165) is 16.8 Å². The maximum Gasteiger partial charge on any atom is 0.329 e. The largest absolute Gasteiger partial charge is 0.493 e. The molecule has 36 heavy (non-hydrogen) atoms. The summed E-state index contributed by atoms with van der Waals surface area (Å²) in [5, 5.41) is 9.12. The lowest BCUT2D eigenvalue weighted by Gasteiger charge is -2.15. The Morgan fingerprint density at radius 3 is 2.50 bits per heavy atom. The fourth-order valence-electron chi connectivity index (χ4n) is 3.16. The zero-order valence-corrected chi connectivity index (χ0v) is 22.0. The number of methoxy groups -OCH3 is 1. The number of ether oxygens (including phenoxy) is 2. The smallest absolute Gasteiger partial charge is 0.329 e. The molecule has 0 radical (unpaired) electrons. The molecule has 0 aliphatic heterocycles. The van der Waals surface area contributed by atoms with Gasteiger partial charge in [-0.25, -0.2) is 5.43 Å². The summed E-state index contributed by atoms with van der Waals surface area (Å²) in [7, 11) is 1.47. The highest BCUT2D eigenvalue weighted by Crippen LogP contribution is 2.33. The molecule has 0 saturated heterocycles. The first kappa shape index (κ1) is 26.7. The molecule has 0 unspecified atom stereocenters. The molecule has 0 fully saturated rings. The number of nitrogens with one attached hydrogen (secondary N) is 3. The molecule has 0 spiro atoms. The Hall–Kier alpha value is -3.87. The molecule has 3 amide bonds. The van der Waals surface area contributed by atoms with Gasteiger partial charge in [0.15, 0.2) is 18.1 Å². The summed E-state index contributed by atoms with van der Waals surface area (Å²) >= 11 is 2.05. The molecular weight excluding hydrogens is 579 g/mol. The molecule has 11 heteroatoms. The van der Waals surface area contributed by atoms with E-state index < -0.39 is 11.8 Å². The van der Waals surface area contributed by atoms with Gasteiger partial charge in [0.05, 0.1) is 29.7 Å². The summed E-state index contributed by atoms with van der Waals surface area (Å²) in [6.07, 6.45) is 2.83. The van der Waals surface area contributed by atoms with Gasteiger partial charge in [-0.2, -0.15) is 5.10 Å². The summed E-state index contributed by atoms with van der Waals surface area (Å²) in [5.41, 5.74) is 5.43. The number of rotatable bonds is 9. The summed E-state index contributed by atoms with van der Waals surface area (Å²) in [6.45, 7) is 3.72. The van der Waals surface area contributed by atoms with Gasteiger partial charge in [0.25, 0.3) is 5.91 Å². The van der Waals surface area contributed by atoms with Crippen molar-refractivity contribution >= 4 is 52.2 Å². The molecule has 1 aromatic heterocycles. The topological polar surface area (TPSA) is 131 Å². The van der Waals surface area contributed by atoms with Crippen molar-refractivity contribution in [3.63, 3.8) is 0 Å². The molecule has 0 aliphatic carbocycles. The Labute approximate surface area is 221 Å². The molecule has 1 heterocycles. The van der Waals surface area contributed by atoms with E-state index in [0.29, 0.717) is 26.4 Å². The zero-order chi connectivity index (χ0) is 26.1. The lowest BCUT2D eigenvalue weighted by molar-refractivity contribution is -0.139. The van der Waals surface area contributed by atoms with Crippen LogP contribution in [0.1, 0.15) is 22.5 Å². The van der Waals surface area contributed by atoms with Crippen molar-refractivity contribution in [2.24, 2.45) is 5.10 Å². The number of carbonyl (C=O) groups is 3. The Morgan fingerprint density at radius 2 is 1.83 bits per heavy atom. The van der Waals surface area contributed by atoms with E-state index in [1.54, 1.807) is 24.3 Å². The van der Waals surface area contributed by atoms with Gasteiger partial charge in [-0.1, -0.05) is 18.2 Å². The van der Waals surface area contributed by atoms with Gasteiger partial charge in [0.1, 0.15) is 5.76 Å². The maximum absolute atomic E-state index is 12.5. The van der Waals surface area contributed by atoms with Gasteiger partial charge < -0.3 is 24.5 Å². The first-order valence-electron chi connectivity index (χ1n) is 10.8. The molecule has 0 saturated carbocycles. The van der Waals surface area contributed by atoms with Crippen LogP contribution in [0, 0.1) is 17.4 Å². The highest BCUT2D eigenvalue weighted by Gasteiger charge is 2.15. The number of benzene rings is 2. The minimum absolute atomic E-state index is 0.0857. The molecule has 3 aromatic rings. The fourth-order valence-corrected chi connectivity index (χ4v) is 3.94. The average molecular weight is 604 g/mol. The SMILES string of the molecule is COc1cc(/C=N\NC(=O)C(=O)NCc2ccco2)cc(I)c1OCC(=O)Nc1c(C)cccc1C. The molecule has 10 nitrogen and oxygen atoms in total. The van der Waals surface area contributed by atoms with Crippen LogP contribution in [0.3, 0.4) is 0 Å². The van der Waals surface area contributed by atoms with Crippen LogP contribution in [0.4, 0.5) is 5.69 Å². The van der Waals surface area contributed by atoms with Crippen molar-refractivity contribution in [1.82, 2.24) is 10.7 Å². The van der Waals surface area contributed by atoms with Crippen molar-refractivity contribution in [2.75, 3.05) is 19.0 Å². The van der Waals surface area contributed by atoms with Crippen LogP contribution in [0.5, 0.6) is 11.5 Å². The minimum Gasteiger partial charge on any atom is -0.493 e. The molecule has 188 valence electrons. The van der Waals surface area contributed by atoms with Crippen LogP contribution in [-0.2, 0) is 20.9 Å². The summed E-state index contributed by atoms with van der Waals surface area (Å²) in [4.78, 5) is 36.2. The van der Waals surface area contributed by atoms with Crippen molar-refractivity contribution in [1.29, 1.82) is 0 Å². The third-order valence-corrected chi connectivity index (χ3v) is 5.74. The predicted molar refractivity (Wildman–Crippen MR) is 142 cm³/mol. The molecular formula is C25H25IN4O6. The van der Waals surface area contributed by atoms with Crippen molar-refractivity contribution < 1.29 is 28.3 Å². The number of furan rings is 1. The number of aryl methyl sites for hydroxylation is 2. The van der Waals surface area contributed by atoms with Crippen LogP contribution in [0.2, 0.25) is 0 Å². The molecule has 0 bridgehead atoms. The standard InChI is InChI=1S/C25H25IN4O6/c1-15-6-4-7-16(2)22(15)29-21(31)14-36-23-19(26)10-17(11-20(23)34-3)12-28-30-25(33)24(32)27-13-18-8-5-9-35-18/h4-12H,13-14H2,1-3H3,(H,27,32)(H,29,31)(H,30,33)/b28-12-. The predicted octanol–water partition coefficient (Wildman–Crippen LogP) is 3.29. The molecule has 0 atom stereocenters. The van der Waals surface area contributed by atoms with Crippen LogP contribution in [0.25, 0.3) is 0 Å². The molecule has 3 rings (SSSR count). The van der Waals surface area contributed by atoms with E-state index in [2.05, 4.69) is 21.2 Å². The Morgan fingerprint density at radius 1 is 1.08 bits per heavy atom. The number of nitrogens with zero attached hydrogens (tertiary/aromatic N) is 1. The Balaban J connectivity index is 1.57. The number of hydrazone groups is 1. The van der Waals surface area contributed by atoms with E-state index in [9.17, 15) is 14.4 Å². The van der Waals surface area contributed by atoms with Gasteiger partial charge in [-0.3, -0.25) is 14.4 Å². The molecule has 0 aliphatic rings.